The van der Waals surface area contributed by atoms with Gasteiger partial charge in [-0.1, -0.05) is 0 Å². The number of nitrogens with zero attached hydrogens (tertiary/aromatic N) is 2. The molecule has 1 unspecified atom stereocenters. The smallest absolute Gasteiger partial charge is 0.0618 e. The normalized spacial score (nSPS) is 25.1. The fourth-order valence-corrected chi connectivity index (χ4v) is 2.82. The molecule has 1 aliphatic carbocycles. The zero-order valence-electron chi connectivity index (χ0n) is 11.1. The summed E-state index contributed by atoms with van der Waals surface area (Å²) in [6.45, 7) is 6.54. The van der Waals surface area contributed by atoms with Crippen molar-refractivity contribution in [3.8, 4) is 0 Å². The Kier molecular flexibility index (Phi) is 5.22. The Hall–Kier alpha value is -0.160. The molecule has 0 aromatic rings. The van der Waals surface area contributed by atoms with E-state index in [1.807, 2.05) is 0 Å². The van der Waals surface area contributed by atoms with Crippen molar-refractivity contribution in [2.75, 3.05) is 46.4 Å². The van der Waals surface area contributed by atoms with Crippen LogP contribution in [0.5, 0.6) is 0 Å². The summed E-state index contributed by atoms with van der Waals surface area (Å²) in [5.74, 6) is 0. The highest BCUT2D eigenvalue weighted by Crippen LogP contribution is 2.27. The zero-order chi connectivity index (χ0) is 12.1. The Bertz CT molecular complexity index is 213. The standard InChI is InChI=1S/C13H27N3O/c1-17-11-13(3-2-6-14)16-9-7-15(8-10-16)12-4-5-12/h12-13H,2-11,14H2,1H3. The lowest BCUT2D eigenvalue weighted by atomic mass is 10.1. The Morgan fingerprint density at radius 1 is 1.24 bits per heavy atom. The predicted octanol–water partition coefficient (Wildman–Crippen LogP) is 0.520. The van der Waals surface area contributed by atoms with Gasteiger partial charge in [0.25, 0.3) is 0 Å². The van der Waals surface area contributed by atoms with Gasteiger partial charge in [0.15, 0.2) is 0 Å². The third-order valence-corrected chi connectivity index (χ3v) is 4.03. The molecule has 2 rings (SSSR count). The van der Waals surface area contributed by atoms with E-state index in [-0.39, 0.29) is 0 Å². The maximum Gasteiger partial charge on any atom is 0.0618 e. The Morgan fingerprint density at radius 3 is 2.47 bits per heavy atom. The molecule has 2 N–H and O–H groups in total. The molecule has 0 aromatic heterocycles. The first-order chi connectivity index (χ1) is 8.35. The van der Waals surface area contributed by atoms with Gasteiger partial charge in [0, 0.05) is 45.4 Å². The lowest BCUT2D eigenvalue weighted by Gasteiger charge is -2.39. The van der Waals surface area contributed by atoms with Crippen molar-refractivity contribution in [1.29, 1.82) is 0 Å². The Morgan fingerprint density at radius 2 is 1.94 bits per heavy atom. The highest BCUT2D eigenvalue weighted by atomic mass is 16.5. The van der Waals surface area contributed by atoms with Crippen LogP contribution in [-0.4, -0.2) is 68.3 Å². The minimum absolute atomic E-state index is 0.574. The van der Waals surface area contributed by atoms with E-state index in [2.05, 4.69) is 9.80 Å². The van der Waals surface area contributed by atoms with Crippen LogP contribution in [0.1, 0.15) is 25.7 Å². The number of rotatable bonds is 7. The topological polar surface area (TPSA) is 41.7 Å². The summed E-state index contributed by atoms with van der Waals surface area (Å²) in [5, 5.41) is 0. The number of ether oxygens (including phenoxy) is 1. The van der Waals surface area contributed by atoms with E-state index < -0.39 is 0 Å². The second-order valence-corrected chi connectivity index (χ2v) is 5.34. The highest BCUT2D eigenvalue weighted by Gasteiger charge is 2.32. The monoisotopic (exact) mass is 241 g/mol. The first kappa shape index (κ1) is 13.3. The van der Waals surface area contributed by atoms with Crippen molar-refractivity contribution in [2.45, 2.75) is 37.8 Å². The average Bonchev–Trinajstić information content (AvgIpc) is 3.19. The van der Waals surface area contributed by atoms with E-state index in [1.54, 1.807) is 7.11 Å². The number of methoxy groups -OCH3 is 1. The first-order valence-corrected chi connectivity index (χ1v) is 7.02. The lowest BCUT2D eigenvalue weighted by molar-refractivity contribution is 0.0430. The van der Waals surface area contributed by atoms with Crippen LogP contribution in [-0.2, 0) is 4.74 Å². The van der Waals surface area contributed by atoms with Crippen LogP contribution >= 0.6 is 0 Å². The molecule has 17 heavy (non-hydrogen) atoms. The molecule has 0 amide bonds. The van der Waals surface area contributed by atoms with Gasteiger partial charge >= 0.3 is 0 Å². The van der Waals surface area contributed by atoms with Gasteiger partial charge < -0.3 is 10.5 Å². The molecule has 1 atom stereocenters. The molecule has 100 valence electrons. The number of nitrogens with two attached hydrogens (primary N) is 1. The second-order valence-electron chi connectivity index (χ2n) is 5.34. The summed E-state index contributed by atoms with van der Waals surface area (Å²) < 4.78 is 5.34. The van der Waals surface area contributed by atoms with Crippen LogP contribution in [0, 0.1) is 0 Å². The fraction of sp³-hybridized carbons (Fsp3) is 1.00. The summed E-state index contributed by atoms with van der Waals surface area (Å²) in [5.41, 5.74) is 5.60. The van der Waals surface area contributed by atoms with Gasteiger partial charge in [-0.25, -0.2) is 0 Å². The molecule has 4 nitrogen and oxygen atoms in total. The first-order valence-electron chi connectivity index (χ1n) is 7.02. The fourth-order valence-electron chi connectivity index (χ4n) is 2.82. The molecule has 1 saturated heterocycles. The summed E-state index contributed by atoms with van der Waals surface area (Å²) in [7, 11) is 1.80. The zero-order valence-corrected chi connectivity index (χ0v) is 11.1. The third kappa shape index (κ3) is 3.91. The molecule has 0 spiro atoms. The SMILES string of the molecule is COCC(CCCN)N1CCN(C2CC2)CC1. The summed E-state index contributed by atoms with van der Waals surface area (Å²) in [4.78, 5) is 5.25. The van der Waals surface area contributed by atoms with E-state index in [4.69, 9.17) is 10.5 Å². The summed E-state index contributed by atoms with van der Waals surface area (Å²) >= 11 is 0. The summed E-state index contributed by atoms with van der Waals surface area (Å²) in [6.07, 6.45) is 5.13. The van der Waals surface area contributed by atoms with E-state index in [0.29, 0.717) is 6.04 Å². The van der Waals surface area contributed by atoms with Crippen molar-refractivity contribution < 1.29 is 4.74 Å². The Balaban J connectivity index is 1.74. The van der Waals surface area contributed by atoms with Crippen LogP contribution in [0.4, 0.5) is 0 Å². The maximum absolute atomic E-state index is 5.60. The van der Waals surface area contributed by atoms with Gasteiger partial charge in [0.05, 0.1) is 6.61 Å². The van der Waals surface area contributed by atoms with Crippen molar-refractivity contribution in [1.82, 2.24) is 9.80 Å². The molecule has 2 fully saturated rings. The molecule has 1 heterocycles. The summed E-state index contributed by atoms with van der Waals surface area (Å²) in [6, 6.07) is 1.49. The quantitative estimate of drug-likeness (QED) is 0.705. The minimum atomic E-state index is 0.574. The molecule has 1 aliphatic heterocycles. The van der Waals surface area contributed by atoms with E-state index >= 15 is 0 Å². The van der Waals surface area contributed by atoms with Crippen LogP contribution in [0.15, 0.2) is 0 Å². The molecular formula is C13H27N3O. The van der Waals surface area contributed by atoms with Crippen LogP contribution in [0.3, 0.4) is 0 Å². The Labute approximate surface area is 105 Å². The molecule has 0 bridgehead atoms. The van der Waals surface area contributed by atoms with Crippen molar-refractivity contribution in [3.05, 3.63) is 0 Å². The van der Waals surface area contributed by atoms with Crippen LogP contribution in [0.2, 0.25) is 0 Å². The molecular weight excluding hydrogens is 214 g/mol. The highest BCUT2D eigenvalue weighted by molar-refractivity contribution is 4.88. The molecule has 2 aliphatic rings. The molecule has 1 saturated carbocycles. The molecule has 0 radical (unpaired) electrons. The number of hydrogen-bond donors (Lipinski definition) is 1. The van der Waals surface area contributed by atoms with Gasteiger partial charge in [0.1, 0.15) is 0 Å². The van der Waals surface area contributed by atoms with E-state index in [1.165, 1.54) is 45.4 Å². The van der Waals surface area contributed by atoms with Gasteiger partial charge in [-0.3, -0.25) is 9.80 Å². The largest absolute Gasteiger partial charge is 0.383 e. The lowest BCUT2D eigenvalue weighted by Crippen LogP contribution is -2.52. The molecule has 4 heteroatoms. The van der Waals surface area contributed by atoms with Crippen molar-refractivity contribution in [3.63, 3.8) is 0 Å². The average molecular weight is 241 g/mol. The number of hydrogen-bond acceptors (Lipinski definition) is 4. The molecule has 0 aromatic carbocycles. The van der Waals surface area contributed by atoms with E-state index in [0.717, 1.165) is 25.6 Å². The van der Waals surface area contributed by atoms with Crippen LogP contribution in [0.25, 0.3) is 0 Å². The van der Waals surface area contributed by atoms with Gasteiger partial charge in [-0.2, -0.15) is 0 Å². The third-order valence-electron chi connectivity index (χ3n) is 4.03. The van der Waals surface area contributed by atoms with Gasteiger partial charge in [-0.05, 0) is 32.2 Å². The maximum atomic E-state index is 5.60. The van der Waals surface area contributed by atoms with Crippen molar-refractivity contribution >= 4 is 0 Å². The predicted molar refractivity (Wildman–Crippen MR) is 70.1 cm³/mol. The minimum Gasteiger partial charge on any atom is -0.383 e. The van der Waals surface area contributed by atoms with Crippen molar-refractivity contribution in [2.24, 2.45) is 5.73 Å². The number of piperazine rings is 1. The van der Waals surface area contributed by atoms with Gasteiger partial charge in [0.2, 0.25) is 0 Å². The van der Waals surface area contributed by atoms with Gasteiger partial charge in [-0.15, -0.1) is 0 Å². The van der Waals surface area contributed by atoms with Crippen LogP contribution < -0.4 is 5.73 Å². The van der Waals surface area contributed by atoms with E-state index in [9.17, 15) is 0 Å². The second kappa shape index (κ2) is 6.69.